The molecule has 2 aromatic carbocycles. The third-order valence-corrected chi connectivity index (χ3v) is 5.89. The number of anilines is 2. The third-order valence-electron chi connectivity index (χ3n) is 5.89. The van der Waals surface area contributed by atoms with Gasteiger partial charge in [-0.2, -0.15) is 9.61 Å². The predicted molar refractivity (Wildman–Crippen MR) is 123 cm³/mol. The second-order valence-corrected chi connectivity index (χ2v) is 7.84. The van der Waals surface area contributed by atoms with Gasteiger partial charge >= 0.3 is 0 Å². The van der Waals surface area contributed by atoms with Crippen molar-refractivity contribution in [1.29, 1.82) is 0 Å². The Morgan fingerprint density at radius 1 is 0.833 bits per heavy atom. The second kappa shape index (κ2) is 7.82. The minimum atomic E-state index is 0.883. The van der Waals surface area contributed by atoms with Crippen molar-refractivity contribution in [2.45, 2.75) is 20.3 Å². The Hall–Kier alpha value is -3.34. The summed E-state index contributed by atoms with van der Waals surface area (Å²) in [5, 5.41) is 5.00. The molecule has 1 aliphatic heterocycles. The van der Waals surface area contributed by atoms with E-state index in [1.165, 1.54) is 11.3 Å². The van der Waals surface area contributed by atoms with Crippen LogP contribution in [0.4, 0.5) is 11.5 Å². The molecule has 1 fully saturated rings. The molecule has 5 nitrogen and oxygen atoms in total. The van der Waals surface area contributed by atoms with Crippen LogP contribution in [0.3, 0.4) is 0 Å². The van der Waals surface area contributed by atoms with Crippen LogP contribution in [0.5, 0.6) is 0 Å². The van der Waals surface area contributed by atoms with Gasteiger partial charge in [-0.3, -0.25) is 0 Å². The Balaban J connectivity index is 1.52. The summed E-state index contributed by atoms with van der Waals surface area (Å²) in [5.41, 5.74) is 6.73. The summed E-state index contributed by atoms with van der Waals surface area (Å²) in [6.07, 6.45) is 0.883. The van der Waals surface area contributed by atoms with Crippen molar-refractivity contribution >= 4 is 17.2 Å². The predicted octanol–water partition coefficient (Wildman–Crippen LogP) is 4.59. The first-order chi connectivity index (χ1) is 14.7. The number of fused-ring (bicyclic) bond motifs is 1. The lowest BCUT2D eigenvalue weighted by Gasteiger charge is -2.37. The van der Waals surface area contributed by atoms with E-state index in [-0.39, 0.29) is 0 Å². The van der Waals surface area contributed by atoms with Crippen LogP contribution < -0.4 is 9.80 Å². The molecule has 0 saturated carbocycles. The monoisotopic (exact) mass is 397 g/mol. The van der Waals surface area contributed by atoms with Gasteiger partial charge < -0.3 is 9.80 Å². The van der Waals surface area contributed by atoms with E-state index < -0.39 is 0 Å². The van der Waals surface area contributed by atoms with Crippen LogP contribution in [-0.4, -0.2) is 40.8 Å². The highest BCUT2D eigenvalue weighted by atomic mass is 15.4. The first-order valence-corrected chi connectivity index (χ1v) is 10.7. The van der Waals surface area contributed by atoms with Gasteiger partial charge in [0.1, 0.15) is 5.82 Å². The highest BCUT2D eigenvalue weighted by molar-refractivity contribution is 5.81. The molecule has 0 aliphatic carbocycles. The maximum atomic E-state index is 5.00. The molecule has 5 heteroatoms. The molecule has 0 N–H and O–H groups in total. The number of nitrogens with zero attached hydrogens (tertiary/aromatic N) is 5. The van der Waals surface area contributed by atoms with E-state index in [0.717, 1.165) is 61.0 Å². The maximum absolute atomic E-state index is 5.00. The van der Waals surface area contributed by atoms with Gasteiger partial charge in [-0.1, -0.05) is 55.5 Å². The molecule has 1 saturated heterocycles. The molecule has 0 atom stereocenters. The molecule has 0 amide bonds. The molecular weight excluding hydrogens is 370 g/mol. The van der Waals surface area contributed by atoms with Crippen molar-refractivity contribution in [3.63, 3.8) is 0 Å². The minimum absolute atomic E-state index is 0.883. The Bertz CT molecular complexity index is 1140. The van der Waals surface area contributed by atoms with E-state index in [4.69, 9.17) is 10.1 Å². The standard InChI is InChI=1S/C25H27N5/c1-3-22-24(20-10-6-4-7-11-20)25-26-19(2)18-23(30(25)27-22)29-16-14-28(15-17-29)21-12-8-5-9-13-21/h4-13,18H,3,14-17H2,1-2H3. The molecule has 5 rings (SSSR count). The van der Waals surface area contributed by atoms with Crippen LogP contribution in [0.1, 0.15) is 18.3 Å². The van der Waals surface area contributed by atoms with Gasteiger partial charge in [0, 0.05) is 49.2 Å². The highest BCUT2D eigenvalue weighted by Crippen LogP contribution is 2.31. The van der Waals surface area contributed by atoms with Crippen LogP contribution >= 0.6 is 0 Å². The quantitative estimate of drug-likeness (QED) is 0.505. The van der Waals surface area contributed by atoms with E-state index >= 15 is 0 Å². The third kappa shape index (κ3) is 3.30. The lowest BCUT2D eigenvalue weighted by atomic mass is 10.0. The van der Waals surface area contributed by atoms with Gasteiger partial charge in [0.05, 0.1) is 5.69 Å². The Morgan fingerprint density at radius 3 is 2.13 bits per heavy atom. The first kappa shape index (κ1) is 18.7. The van der Waals surface area contributed by atoms with Crippen LogP contribution in [0.15, 0.2) is 66.7 Å². The van der Waals surface area contributed by atoms with Gasteiger partial charge in [-0.25, -0.2) is 4.98 Å². The molecule has 0 bridgehead atoms. The van der Waals surface area contributed by atoms with Crippen molar-refractivity contribution < 1.29 is 0 Å². The average Bonchev–Trinajstić information content (AvgIpc) is 3.18. The zero-order valence-corrected chi connectivity index (χ0v) is 17.6. The Kier molecular flexibility index (Phi) is 4.87. The summed E-state index contributed by atoms with van der Waals surface area (Å²) in [7, 11) is 0. The number of para-hydroxylation sites is 1. The summed E-state index contributed by atoms with van der Waals surface area (Å²) in [4.78, 5) is 9.80. The van der Waals surface area contributed by atoms with Gasteiger partial charge in [-0.05, 0) is 31.0 Å². The summed E-state index contributed by atoms with van der Waals surface area (Å²) >= 11 is 0. The Labute approximate surface area is 177 Å². The maximum Gasteiger partial charge on any atom is 0.165 e. The van der Waals surface area contributed by atoms with Crippen molar-refractivity contribution in [2.75, 3.05) is 36.0 Å². The van der Waals surface area contributed by atoms with E-state index in [9.17, 15) is 0 Å². The van der Waals surface area contributed by atoms with Crippen LogP contribution in [0.2, 0.25) is 0 Å². The van der Waals surface area contributed by atoms with Crippen LogP contribution in [0.25, 0.3) is 16.8 Å². The molecule has 30 heavy (non-hydrogen) atoms. The van der Waals surface area contributed by atoms with E-state index in [1.807, 2.05) is 0 Å². The molecule has 4 aromatic rings. The Morgan fingerprint density at radius 2 is 1.47 bits per heavy atom. The lowest BCUT2D eigenvalue weighted by molar-refractivity contribution is 0.637. The normalized spacial score (nSPS) is 14.5. The first-order valence-electron chi connectivity index (χ1n) is 10.7. The van der Waals surface area contributed by atoms with E-state index in [1.54, 1.807) is 0 Å². The van der Waals surface area contributed by atoms with Crippen LogP contribution in [-0.2, 0) is 6.42 Å². The smallest absolute Gasteiger partial charge is 0.165 e. The summed E-state index contributed by atoms with van der Waals surface area (Å²) in [6, 6.07) is 23.4. The second-order valence-electron chi connectivity index (χ2n) is 7.84. The van der Waals surface area contributed by atoms with Gasteiger partial charge in [0.15, 0.2) is 5.65 Å². The van der Waals surface area contributed by atoms with Crippen molar-refractivity contribution in [3.05, 3.63) is 78.1 Å². The molecule has 2 aromatic heterocycles. The van der Waals surface area contributed by atoms with Gasteiger partial charge in [-0.15, -0.1) is 0 Å². The fourth-order valence-corrected chi connectivity index (χ4v) is 4.37. The highest BCUT2D eigenvalue weighted by Gasteiger charge is 2.23. The molecule has 0 radical (unpaired) electrons. The van der Waals surface area contributed by atoms with Crippen molar-refractivity contribution in [1.82, 2.24) is 14.6 Å². The number of hydrogen-bond donors (Lipinski definition) is 0. The SMILES string of the molecule is CCc1nn2c(N3CCN(c4ccccc4)CC3)cc(C)nc2c1-c1ccccc1. The number of benzene rings is 2. The minimum Gasteiger partial charge on any atom is -0.368 e. The van der Waals surface area contributed by atoms with E-state index in [0.29, 0.717) is 0 Å². The van der Waals surface area contributed by atoms with Crippen LogP contribution in [0, 0.1) is 6.92 Å². The largest absolute Gasteiger partial charge is 0.368 e. The fraction of sp³-hybridized carbons (Fsp3) is 0.280. The molecule has 1 aliphatic rings. The summed E-state index contributed by atoms with van der Waals surface area (Å²) < 4.78 is 2.06. The zero-order valence-electron chi connectivity index (χ0n) is 17.6. The molecule has 0 spiro atoms. The lowest BCUT2D eigenvalue weighted by Crippen LogP contribution is -2.47. The number of hydrogen-bond acceptors (Lipinski definition) is 4. The van der Waals surface area contributed by atoms with Crippen molar-refractivity contribution in [3.8, 4) is 11.1 Å². The summed E-state index contributed by atoms with van der Waals surface area (Å²) in [5.74, 6) is 1.14. The molecule has 152 valence electrons. The van der Waals surface area contributed by atoms with Gasteiger partial charge in [0.25, 0.3) is 0 Å². The number of aryl methyl sites for hydroxylation is 2. The topological polar surface area (TPSA) is 36.7 Å². The van der Waals surface area contributed by atoms with E-state index in [2.05, 4.69) is 94.9 Å². The average molecular weight is 398 g/mol. The zero-order chi connectivity index (χ0) is 20.5. The molecular formula is C25H27N5. The number of rotatable bonds is 4. The number of aromatic nitrogens is 3. The fourth-order valence-electron chi connectivity index (χ4n) is 4.37. The van der Waals surface area contributed by atoms with Crippen molar-refractivity contribution in [2.24, 2.45) is 0 Å². The summed E-state index contributed by atoms with van der Waals surface area (Å²) in [6.45, 7) is 8.18. The molecule has 3 heterocycles. The number of piperazine rings is 1. The van der Waals surface area contributed by atoms with Gasteiger partial charge in [0.2, 0.25) is 0 Å². The molecule has 0 unspecified atom stereocenters.